The molecule has 0 spiro atoms. The molecule has 27 heavy (non-hydrogen) atoms. The lowest BCUT2D eigenvalue weighted by atomic mass is 10.1. The molecule has 0 radical (unpaired) electrons. The maximum Gasteiger partial charge on any atom is 0.272 e. The highest BCUT2D eigenvalue weighted by atomic mass is 16.5. The molecule has 6 nitrogen and oxygen atoms in total. The van der Waals surface area contributed by atoms with E-state index in [1.54, 1.807) is 31.7 Å². The number of hydrazone groups is 1. The van der Waals surface area contributed by atoms with E-state index < -0.39 is 0 Å². The molecule has 0 saturated heterocycles. The summed E-state index contributed by atoms with van der Waals surface area (Å²) in [6, 6.07) is 18.5. The van der Waals surface area contributed by atoms with Gasteiger partial charge in [0.25, 0.3) is 5.91 Å². The summed E-state index contributed by atoms with van der Waals surface area (Å²) in [6.45, 7) is 0.358. The summed E-state index contributed by atoms with van der Waals surface area (Å²) in [4.78, 5) is 15.9. The second-order valence-corrected chi connectivity index (χ2v) is 5.61. The predicted octanol–water partition coefficient (Wildman–Crippen LogP) is 3.43. The van der Waals surface area contributed by atoms with Gasteiger partial charge in [-0.05, 0) is 48.0 Å². The van der Waals surface area contributed by atoms with Crippen molar-refractivity contribution < 1.29 is 14.3 Å². The van der Waals surface area contributed by atoms with Gasteiger partial charge >= 0.3 is 0 Å². The minimum Gasteiger partial charge on any atom is -0.496 e. The van der Waals surface area contributed by atoms with Gasteiger partial charge in [0, 0.05) is 18.0 Å². The zero-order valence-corrected chi connectivity index (χ0v) is 14.8. The number of hydrogen-bond donors (Lipinski definition) is 1. The van der Waals surface area contributed by atoms with E-state index in [0.717, 1.165) is 22.6 Å². The van der Waals surface area contributed by atoms with Crippen LogP contribution in [0, 0.1) is 0 Å². The van der Waals surface area contributed by atoms with Gasteiger partial charge in [0.2, 0.25) is 0 Å². The summed E-state index contributed by atoms with van der Waals surface area (Å²) in [6.07, 6.45) is 4.66. The largest absolute Gasteiger partial charge is 0.496 e. The van der Waals surface area contributed by atoms with E-state index in [1.165, 1.54) is 6.20 Å². The fourth-order valence-electron chi connectivity index (χ4n) is 2.40. The molecular weight excluding hydrogens is 342 g/mol. The third-order valence-corrected chi connectivity index (χ3v) is 3.75. The van der Waals surface area contributed by atoms with E-state index in [0.29, 0.717) is 12.2 Å². The summed E-state index contributed by atoms with van der Waals surface area (Å²) in [7, 11) is 1.61. The van der Waals surface area contributed by atoms with Gasteiger partial charge in [-0.1, -0.05) is 18.2 Å². The minimum atomic E-state index is -0.319. The van der Waals surface area contributed by atoms with E-state index in [-0.39, 0.29) is 5.91 Å². The second kappa shape index (κ2) is 9.15. The molecule has 2 aromatic carbocycles. The van der Waals surface area contributed by atoms with Crippen molar-refractivity contribution in [3.8, 4) is 11.5 Å². The van der Waals surface area contributed by atoms with Gasteiger partial charge in [0.05, 0.1) is 18.9 Å². The third kappa shape index (κ3) is 5.15. The number of aromatic nitrogens is 1. The van der Waals surface area contributed by atoms with E-state index in [1.807, 2.05) is 48.5 Å². The molecule has 0 atom stereocenters. The number of para-hydroxylation sites is 1. The van der Waals surface area contributed by atoms with Crippen molar-refractivity contribution in [2.45, 2.75) is 6.61 Å². The quantitative estimate of drug-likeness (QED) is 0.517. The highest BCUT2D eigenvalue weighted by Crippen LogP contribution is 2.21. The molecule has 0 aliphatic rings. The Labute approximate surface area is 157 Å². The molecule has 0 aliphatic carbocycles. The van der Waals surface area contributed by atoms with Crippen LogP contribution in [0.25, 0.3) is 0 Å². The number of ether oxygens (including phenoxy) is 2. The number of carbonyl (C=O) groups excluding carboxylic acids is 1. The van der Waals surface area contributed by atoms with Crippen molar-refractivity contribution in [1.29, 1.82) is 0 Å². The number of hydrogen-bond acceptors (Lipinski definition) is 5. The van der Waals surface area contributed by atoms with E-state index >= 15 is 0 Å². The number of nitrogens with zero attached hydrogens (tertiary/aromatic N) is 2. The Hall–Kier alpha value is -3.67. The molecule has 1 heterocycles. The standard InChI is InChI=1S/C21H19N3O3/c1-26-20-10-9-16(12-18(20)15-27-19-7-3-2-4-8-19)13-23-24-21(25)17-6-5-11-22-14-17/h2-14H,15H2,1H3,(H,24,25)/b23-13-. The van der Waals surface area contributed by atoms with Crippen LogP contribution in [0.2, 0.25) is 0 Å². The lowest BCUT2D eigenvalue weighted by Gasteiger charge is -2.11. The Balaban J connectivity index is 1.66. The summed E-state index contributed by atoms with van der Waals surface area (Å²) < 4.78 is 11.2. The van der Waals surface area contributed by atoms with Gasteiger partial charge < -0.3 is 9.47 Å². The Morgan fingerprint density at radius 3 is 2.74 bits per heavy atom. The zero-order valence-electron chi connectivity index (χ0n) is 14.8. The maximum absolute atomic E-state index is 12.0. The second-order valence-electron chi connectivity index (χ2n) is 5.61. The molecule has 136 valence electrons. The van der Waals surface area contributed by atoms with Crippen LogP contribution >= 0.6 is 0 Å². The Morgan fingerprint density at radius 2 is 2.00 bits per heavy atom. The molecule has 6 heteroatoms. The van der Waals surface area contributed by atoms with Crippen molar-refractivity contribution >= 4 is 12.1 Å². The van der Waals surface area contributed by atoms with Crippen LogP contribution in [0.3, 0.4) is 0 Å². The van der Waals surface area contributed by atoms with E-state index in [9.17, 15) is 4.79 Å². The Kier molecular flexibility index (Phi) is 6.14. The van der Waals surface area contributed by atoms with Crippen LogP contribution in [0.5, 0.6) is 11.5 Å². The van der Waals surface area contributed by atoms with Gasteiger partial charge in [0.1, 0.15) is 18.1 Å². The summed E-state index contributed by atoms with van der Waals surface area (Å²) in [5, 5.41) is 4.00. The lowest BCUT2D eigenvalue weighted by Crippen LogP contribution is -2.17. The van der Waals surface area contributed by atoms with Gasteiger partial charge in [-0.3, -0.25) is 9.78 Å². The van der Waals surface area contributed by atoms with Crippen molar-refractivity contribution in [2.24, 2.45) is 5.10 Å². The first-order valence-corrected chi connectivity index (χ1v) is 8.34. The number of rotatable bonds is 7. The smallest absolute Gasteiger partial charge is 0.272 e. The molecule has 1 aromatic heterocycles. The Morgan fingerprint density at radius 1 is 1.15 bits per heavy atom. The zero-order chi connectivity index (χ0) is 18.9. The number of benzene rings is 2. The normalized spacial score (nSPS) is 10.6. The number of amides is 1. The SMILES string of the molecule is COc1ccc(/C=N\NC(=O)c2cccnc2)cc1COc1ccccc1. The summed E-state index contributed by atoms with van der Waals surface area (Å²) >= 11 is 0. The molecule has 1 N–H and O–H groups in total. The molecule has 1 amide bonds. The first-order chi connectivity index (χ1) is 13.3. The first kappa shape index (κ1) is 18.1. The molecule has 0 aliphatic heterocycles. The van der Waals surface area contributed by atoms with Crippen molar-refractivity contribution in [3.05, 3.63) is 89.7 Å². The third-order valence-electron chi connectivity index (χ3n) is 3.75. The monoisotopic (exact) mass is 361 g/mol. The fourth-order valence-corrected chi connectivity index (χ4v) is 2.40. The van der Waals surface area contributed by atoms with Crippen LogP contribution < -0.4 is 14.9 Å². The number of methoxy groups -OCH3 is 1. The average Bonchev–Trinajstić information content (AvgIpc) is 2.73. The maximum atomic E-state index is 12.0. The van der Waals surface area contributed by atoms with Gasteiger partial charge in [-0.15, -0.1) is 0 Å². The van der Waals surface area contributed by atoms with E-state index in [4.69, 9.17) is 9.47 Å². The van der Waals surface area contributed by atoms with Crippen LogP contribution in [-0.4, -0.2) is 24.2 Å². The lowest BCUT2D eigenvalue weighted by molar-refractivity contribution is 0.0955. The molecule has 3 aromatic rings. The van der Waals surface area contributed by atoms with Crippen LogP contribution in [-0.2, 0) is 6.61 Å². The van der Waals surface area contributed by atoms with Crippen molar-refractivity contribution in [3.63, 3.8) is 0 Å². The van der Waals surface area contributed by atoms with Crippen LogP contribution in [0.15, 0.2) is 78.2 Å². The fraction of sp³-hybridized carbons (Fsp3) is 0.0952. The Bertz CT molecular complexity index is 912. The highest BCUT2D eigenvalue weighted by Gasteiger charge is 2.06. The van der Waals surface area contributed by atoms with Crippen LogP contribution in [0.1, 0.15) is 21.5 Å². The topological polar surface area (TPSA) is 72.8 Å². The molecular formula is C21H19N3O3. The van der Waals surface area contributed by atoms with Crippen molar-refractivity contribution in [1.82, 2.24) is 10.4 Å². The van der Waals surface area contributed by atoms with Crippen molar-refractivity contribution in [2.75, 3.05) is 7.11 Å². The first-order valence-electron chi connectivity index (χ1n) is 8.34. The summed E-state index contributed by atoms with van der Waals surface area (Å²) in [5.41, 5.74) is 4.62. The molecule has 0 unspecified atom stereocenters. The van der Waals surface area contributed by atoms with Gasteiger partial charge in [-0.25, -0.2) is 5.43 Å². The van der Waals surface area contributed by atoms with Gasteiger partial charge in [0.15, 0.2) is 0 Å². The molecule has 3 rings (SSSR count). The molecule has 0 fully saturated rings. The number of pyridine rings is 1. The summed E-state index contributed by atoms with van der Waals surface area (Å²) in [5.74, 6) is 1.19. The van der Waals surface area contributed by atoms with Crippen LogP contribution in [0.4, 0.5) is 0 Å². The molecule has 0 bridgehead atoms. The number of carbonyl (C=O) groups is 1. The predicted molar refractivity (Wildman–Crippen MR) is 103 cm³/mol. The number of nitrogens with one attached hydrogen (secondary N) is 1. The highest BCUT2D eigenvalue weighted by molar-refractivity contribution is 5.94. The average molecular weight is 361 g/mol. The van der Waals surface area contributed by atoms with Gasteiger partial charge in [-0.2, -0.15) is 5.10 Å². The molecule has 0 saturated carbocycles. The minimum absolute atomic E-state index is 0.319. The van der Waals surface area contributed by atoms with E-state index in [2.05, 4.69) is 15.5 Å².